The van der Waals surface area contributed by atoms with Crippen LogP contribution in [-0.4, -0.2) is 38.2 Å². The molecule has 7 heteroatoms. The maximum atomic E-state index is 12.4. The van der Waals surface area contributed by atoms with Gasteiger partial charge in [-0.25, -0.2) is 4.79 Å². The molecule has 1 aliphatic rings. The molecule has 1 aromatic rings. The summed E-state index contributed by atoms with van der Waals surface area (Å²) in [7, 11) is -2.51. The highest BCUT2D eigenvalue weighted by Crippen LogP contribution is 2.46. The third-order valence-electron chi connectivity index (χ3n) is 2.88. The predicted octanol–water partition coefficient (Wildman–Crippen LogP) is 3.05. The van der Waals surface area contributed by atoms with Crippen molar-refractivity contribution in [2.75, 3.05) is 31.9 Å². The number of carbonyl (C=O) groups is 1. The van der Waals surface area contributed by atoms with Gasteiger partial charge in [-0.3, -0.25) is 5.32 Å². The number of hydrogen-bond donors (Lipinski definition) is 1. The fourth-order valence-electron chi connectivity index (χ4n) is 2.06. The van der Waals surface area contributed by atoms with Crippen LogP contribution in [0.15, 0.2) is 12.1 Å². The van der Waals surface area contributed by atoms with Crippen LogP contribution in [0.1, 0.15) is 20.8 Å². The van der Waals surface area contributed by atoms with Crippen molar-refractivity contribution >= 4 is 24.2 Å². The van der Waals surface area contributed by atoms with Gasteiger partial charge in [0.1, 0.15) is 26.0 Å². The number of ether oxygens (including phenoxy) is 3. The first kappa shape index (κ1) is 16.7. The molecule has 0 unspecified atom stereocenters. The average Bonchev–Trinajstić information content (AvgIpc) is 2.35. The van der Waals surface area contributed by atoms with E-state index in [0.29, 0.717) is 35.7 Å². The van der Waals surface area contributed by atoms with Gasteiger partial charge in [-0.1, -0.05) is 0 Å². The van der Waals surface area contributed by atoms with Crippen molar-refractivity contribution in [1.29, 1.82) is 0 Å². The zero-order valence-electron chi connectivity index (χ0n) is 13.6. The third-order valence-corrected chi connectivity index (χ3v) is 4.40. The van der Waals surface area contributed by atoms with E-state index < -0.39 is 18.8 Å². The maximum absolute atomic E-state index is 12.4. The van der Waals surface area contributed by atoms with Gasteiger partial charge >= 0.3 is 6.09 Å². The van der Waals surface area contributed by atoms with E-state index in [1.165, 1.54) is 0 Å². The number of nitrogens with one attached hydrogen (secondary N) is 1. The van der Waals surface area contributed by atoms with Gasteiger partial charge in [0.2, 0.25) is 0 Å². The molecule has 122 valence electrons. The first-order valence-corrected chi connectivity index (χ1v) is 9.66. The van der Waals surface area contributed by atoms with Crippen molar-refractivity contribution in [1.82, 2.24) is 0 Å². The molecular formula is C15H22NO5P. The maximum Gasteiger partial charge on any atom is 0.412 e. The fraction of sp³-hybridized carbons (Fsp3) is 0.533. The van der Waals surface area contributed by atoms with Crippen molar-refractivity contribution in [3.8, 4) is 11.5 Å². The fourth-order valence-corrected chi connectivity index (χ4v) is 3.15. The molecule has 0 fully saturated rings. The Labute approximate surface area is 130 Å². The first-order valence-electron chi connectivity index (χ1n) is 7.06. The van der Waals surface area contributed by atoms with E-state index in [9.17, 15) is 9.36 Å². The summed E-state index contributed by atoms with van der Waals surface area (Å²) in [5.74, 6) is 0.840. The van der Waals surface area contributed by atoms with E-state index in [2.05, 4.69) is 5.32 Å². The summed E-state index contributed by atoms with van der Waals surface area (Å²) in [6.07, 6.45) is -0.576. The SMILES string of the molecule is CC(C)(C)OC(=O)Nc1ccc(P(C)(C)=O)c2c1OCCO2. The van der Waals surface area contributed by atoms with Crippen LogP contribution in [0, 0.1) is 0 Å². The zero-order chi connectivity index (χ0) is 16.5. The minimum Gasteiger partial charge on any atom is -0.485 e. The molecule has 1 N–H and O–H groups in total. The molecule has 6 nitrogen and oxygen atoms in total. The van der Waals surface area contributed by atoms with E-state index in [1.54, 1.807) is 46.2 Å². The second kappa shape index (κ2) is 5.84. The summed E-state index contributed by atoms with van der Waals surface area (Å²) in [6.45, 7) is 9.45. The van der Waals surface area contributed by atoms with E-state index >= 15 is 0 Å². The summed E-state index contributed by atoms with van der Waals surface area (Å²) < 4.78 is 28.8. The number of carbonyl (C=O) groups excluding carboxylic acids is 1. The Balaban J connectivity index is 2.34. The largest absolute Gasteiger partial charge is 0.485 e. The molecule has 1 amide bonds. The van der Waals surface area contributed by atoms with E-state index in [-0.39, 0.29) is 0 Å². The molecule has 0 saturated heterocycles. The highest BCUT2D eigenvalue weighted by molar-refractivity contribution is 7.70. The average molecular weight is 327 g/mol. The molecular weight excluding hydrogens is 305 g/mol. The summed E-state index contributed by atoms with van der Waals surface area (Å²) >= 11 is 0. The van der Waals surface area contributed by atoms with Crippen LogP contribution in [0.5, 0.6) is 11.5 Å². The number of benzene rings is 1. The highest BCUT2D eigenvalue weighted by Gasteiger charge is 2.27. The van der Waals surface area contributed by atoms with Gasteiger partial charge < -0.3 is 18.8 Å². The summed E-state index contributed by atoms with van der Waals surface area (Å²) in [4.78, 5) is 11.9. The monoisotopic (exact) mass is 327 g/mol. The lowest BCUT2D eigenvalue weighted by Crippen LogP contribution is -2.28. The van der Waals surface area contributed by atoms with Crippen LogP contribution in [0.4, 0.5) is 10.5 Å². The van der Waals surface area contributed by atoms with Crippen LogP contribution in [0.3, 0.4) is 0 Å². The quantitative estimate of drug-likeness (QED) is 0.845. The van der Waals surface area contributed by atoms with E-state index in [1.807, 2.05) is 0 Å². The van der Waals surface area contributed by atoms with Crippen LogP contribution in [-0.2, 0) is 9.30 Å². The molecule has 1 aliphatic heterocycles. The Morgan fingerprint density at radius 2 is 1.77 bits per heavy atom. The van der Waals surface area contributed by atoms with Gasteiger partial charge in [-0.2, -0.15) is 0 Å². The van der Waals surface area contributed by atoms with Crippen molar-refractivity contribution < 1.29 is 23.6 Å². The molecule has 0 spiro atoms. The zero-order valence-corrected chi connectivity index (χ0v) is 14.5. The Bertz CT molecular complexity index is 630. The Morgan fingerprint density at radius 3 is 2.32 bits per heavy atom. The summed E-state index contributed by atoms with van der Waals surface area (Å²) in [6, 6.07) is 3.35. The van der Waals surface area contributed by atoms with E-state index in [4.69, 9.17) is 14.2 Å². The summed E-state index contributed by atoms with van der Waals surface area (Å²) in [5.41, 5.74) is -0.148. The van der Waals surface area contributed by atoms with Gasteiger partial charge in [0.05, 0.1) is 11.0 Å². The van der Waals surface area contributed by atoms with Crippen molar-refractivity contribution in [2.24, 2.45) is 0 Å². The van der Waals surface area contributed by atoms with Crippen LogP contribution in [0.25, 0.3) is 0 Å². The second-order valence-electron chi connectivity index (χ2n) is 6.47. The summed E-state index contributed by atoms with van der Waals surface area (Å²) in [5, 5.41) is 3.26. The second-order valence-corrected chi connectivity index (χ2v) is 9.65. The third kappa shape index (κ3) is 3.95. The predicted molar refractivity (Wildman–Crippen MR) is 86.4 cm³/mol. The van der Waals surface area contributed by atoms with Gasteiger partial charge in [-0.05, 0) is 46.2 Å². The van der Waals surface area contributed by atoms with Crippen molar-refractivity contribution in [3.63, 3.8) is 0 Å². The van der Waals surface area contributed by atoms with E-state index in [0.717, 1.165) is 0 Å². The standard InChI is InChI=1S/C15H22NO5P/c1-15(2,3)21-14(17)16-10-6-7-11(22(4,5)18)13-12(10)19-8-9-20-13/h6-7H,8-9H2,1-5H3,(H,16,17). The van der Waals surface area contributed by atoms with Gasteiger partial charge in [0, 0.05) is 0 Å². The minimum atomic E-state index is -2.51. The molecule has 0 atom stereocenters. The lowest BCUT2D eigenvalue weighted by molar-refractivity contribution is 0.0634. The van der Waals surface area contributed by atoms with Crippen LogP contribution in [0.2, 0.25) is 0 Å². The lowest BCUT2D eigenvalue weighted by atomic mass is 10.2. The molecule has 0 aromatic heterocycles. The number of amides is 1. The minimum absolute atomic E-state index is 0.372. The van der Waals surface area contributed by atoms with Gasteiger partial charge in [0.15, 0.2) is 11.5 Å². The van der Waals surface area contributed by atoms with Crippen LogP contribution < -0.4 is 20.1 Å². The normalized spacial score (nSPS) is 14.4. The smallest absolute Gasteiger partial charge is 0.412 e. The Hall–Kier alpha value is -1.68. The first-order chi connectivity index (χ1) is 10.1. The molecule has 1 aromatic carbocycles. The molecule has 22 heavy (non-hydrogen) atoms. The molecule has 2 rings (SSSR count). The van der Waals surface area contributed by atoms with Crippen LogP contribution >= 0.6 is 7.14 Å². The van der Waals surface area contributed by atoms with Gasteiger partial charge in [0.25, 0.3) is 0 Å². The number of anilines is 1. The topological polar surface area (TPSA) is 73.9 Å². The number of hydrogen-bond acceptors (Lipinski definition) is 5. The Morgan fingerprint density at radius 1 is 1.18 bits per heavy atom. The molecule has 0 saturated carbocycles. The van der Waals surface area contributed by atoms with Gasteiger partial charge in [-0.15, -0.1) is 0 Å². The Kier molecular flexibility index (Phi) is 4.43. The van der Waals surface area contributed by atoms with Crippen molar-refractivity contribution in [2.45, 2.75) is 26.4 Å². The number of fused-ring (bicyclic) bond motifs is 1. The lowest BCUT2D eigenvalue weighted by Gasteiger charge is -2.25. The van der Waals surface area contributed by atoms with Crippen molar-refractivity contribution in [3.05, 3.63) is 12.1 Å². The molecule has 0 bridgehead atoms. The molecule has 0 radical (unpaired) electrons. The molecule has 1 heterocycles. The highest BCUT2D eigenvalue weighted by atomic mass is 31.2. The number of rotatable bonds is 2. The molecule has 0 aliphatic carbocycles.